The van der Waals surface area contributed by atoms with Gasteiger partial charge >= 0.3 is 0 Å². The second kappa shape index (κ2) is 4.03. The van der Waals surface area contributed by atoms with Crippen LogP contribution in [-0.4, -0.2) is 11.9 Å². The predicted molar refractivity (Wildman–Crippen MR) is 59.4 cm³/mol. The SMILES string of the molecule is CC1CC1NCc1ccc(C(N)=O)cc1. The number of nitrogens with one attached hydrogen (secondary N) is 1. The van der Waals surface area contributed by atoms with E-state index in [9.17, 15) is 4.79 Å². The van der Waals surface area contributed by atoms with E-state index in [1.54, 1.807) is 12.1 Å². The largest absolute Gasteiger partial charge is 0.366 e. The molecule has 0 spiro atoms. The van der Waals surface area contributed by atoms with Crippen LogP contribution < -0.4 is 11.1 Å². The third-order valence-corrected chi connectivity index (χ3v) is 2.92. The molecule has 3 N–H and O–H groups in total. The van der Waals surface area contributed by atoms with Gasteiger partial charge in [-0.25, -0.2) is 0 Å². The van der Waals surface area contributed by atoms with Crippen molar-refractivity contribution in [2.45, 2.75) is 25.9 Å². The maximum Gasteiger partial charge on any atom is 0.248 e. The van der Waals surface area contributed by atoms with E-state index in [-0.39, 0.29) is 5.91 Å². The Labute approximate surface area is 89.7 Å². The molecule has 2 unspecified atom stereocenters. The highest BCUT2D eigenvalue weighted by Crippen LogP contribution is 2.29. The topological polar surface area (TPSA) is 55.1 Å². The molecule has 1 aromatic rings. The molecule has 1 fully saturated rings. The van der Waals surface area contributed by atoms with Crippen LogP contribution in [0.5, 0.6) is 0 Å². The van der Waals surface area contributed by atoms with Crippen molar-refractivity contribution in [3.05, 3.63) is 35.4 Å². The van der Waals surface area contributed by atoms with Crippen LogP contribution in [0.3, 0.4) is 0 Å². The number of amides is 1. The van der Waals surface area contributed by atoms with Crippen molar-refractivity contribution >= 4 is 5.91 Å². The third-order valence-electron chi connectivity index (χ3n) is 2.92. The van der Waals surface area contributed by atoms with E-state index in [4.69, 9.17) is 5.73 Å². The first-order valence-corrected chi connectivity index (χ1v) is 5.29. The van der Waals surface area contributed by atoms with Crippen LogP contribution in [0, 0.1) is 5.92 Å². The molecule has 1 aliphatic rings. The van der Waals surface area contributed by atoms with Gasteiger partial charge in [-0.1, -0.05) is 19.1 Å². The summed E-state index contributed by atoms with van der Waals surface area (Å²) >= 11 is 0. The van der Waals surface area contributed by atoms with Crippen molar-refractivity contribution < 1.29 is 4.79 Å². The molecule has 0 aliphatic heterocycles. The lowest BCUT2D eigenvalue weighted by Gasteiger charge is -2.03. The maximum atomic E-state index is 10.8. The molecular formula is C12H16N2O. The monoisotopic (exact) mass is 204 g/mol. The summed E-state index contributed by atoms with van der Waals surface area (Å²) in [6.07, 6.45) is 1.28. The molecule has 2 rings (SSSR count). The van der Waals surface area contributed by atoms with Gasteiger partial charge in [-0.2, -0.15) is 0 Å². The normalized spacial score (nSPS) is 23.8. The molecule has 1 aliphatic carbocycles. The minimum Gasteiger partial charge on any atom is -0.366 e. The summed E-state index contributed by atoms with van der Waals surface area (Å²) < 4.78 is 0. The first-order chi connectivity index (χ1) is 7.16. The molecule has 0 aromatic heterocycles. The van der Waals surface area contributed by atoms with E-state index in [0.29, 0.717) is 11.6 Å². The highest BCUT2D eigenvalue weighted by molar-refractivity contribution is 5.92. The number of rotatable bonds is 4. The van der Waals surface area contributed by atoms with Gasteiger partial charge in [-0.15, -0.1) is 0 Å². The molecule has 0 heterocycles. The van der Waals surface area contributed by atoms with E-state index in [1.165, 1.54) is 12.0 Å². The molecule has 0 radical (unpaired) electrons. The van der Waals surface area contributed by atoms with Gasteiger partial charge in [-0.05, 0) is 30.0 Å². The number of primary amides is 1. The summed E-state index contributed by atoms with van der Waals surface area (Å²) in [4.78, 5) is 10.8. The number of hydrogen-bond donors (Lipinski definition) is 2. The summed E-state index contributed by atoms with van der Waals surface area (Å²) in [5.74, 6) is 0.445. The molecule has 2 atom stereocenters. The minimum atomic E-state index is -0.370. The Balaban J connectivity index is 1.89. The fourth-order valence-corrected chi connectivity index (χ4v) is 1.64. The zero-order valence-corrected chi connectivity index (χ0v) is 8.86. The Bertz CT molecular complexity index is 358. The summed E-state index contributed by atoms with van der Waals surface area (Å²) in [7, 11) is 0. The van der Waals surface area contributed by atoms with Gasteiger partial charge in [0.2, 0.25) is 5.91 Å². The molecular weight excluding hydrogens is 188 g/mol. The molecule has 0 bridgehead atoms. The van der Waals surface area contributed by atoms with Crippen LogP contribution in [0.1, 0.15) is 29.3 Å². The predicted octanol–water partition coefficient (Wildman–Crippen LogP) is 1.28. The average Bonchev–Trinajstić information content (AvgIpc) is 2.92. The lowest BCUT2D eigenvalue weighted by Crippen LogP contribution is -2.17. The average molecular weight is 204 g/mol. The standard InChI is InChI=1S/C12H16N2O/c1-8-6-11(8)14-7-9-2-4-10(5-3-9)12(13)15/h2-5,8,11,14H,6-7H2,1H3,(H2,13,15). The van der Waals surface area contributed by atoms with Crippen LogP contribution in [-0.2, 0) is 6.54 Å². The van der Waals surface area contributed by atoms with E-state index in [2.05, 4.69) is 12.2 Å². The fraction of sp³-hybridized carbons (Fsp3) is 0.417. The maximum absolute atomic E-state index is 10.8. The number of nitrogens with two attached hydrogens (primary N) is 1. The van der Waals surface area contributed by atoms with Gasteiger partial charge in [0.25, 0.3) is 0 Å². The van der Waals surface area contributed by atoms with Crippen LogP contribution in [0.4, 0.5) is 0 Å². The van der Waals surface area contributed by atoms with Gasteiger partial charge in [0.15, 0.2) is 0 Å². The van der Waals surface area contributed by atoms with E-state index < -0.39 is 0 Å². The zero-order chi connectivity index (χ0) is 10.8. The lowest BCUT2D eigenvalue weighted by atomic mass is 10.1. The molecule has 1 amide bonds. The second-order valence-corrected chi connectivity index (χ2v) is 4.26. The summed E-state index contributed by atoms with van der Waals surface area (Å²) in [6, 6.07) is 8.12. The fourth-order valence-electron chi connectivity index (χ4n) is 1.64. The number of hydrogen-bond acceptors (Lipinski definition) is 2. The molecule has 15 heavy (non-hydrogen) atoms. The van der Waals surface area contributed by atoms with Crippen molar-refractivity contribution in [2.75, 3.05) is 0 Å². The first kappa shape index (κ1) is 10.2. The molecule has 0 saturated heterocycles. The van der Waals surface area contributed by atoms with E-state index >= 15 is 0 Å². The summed E-state index contributed by atoms with van der Waals surface area (Å²) in [6.45, 7) is 3.11. The molecule has 3 heteroatoms. The Morgan fingerprint density at radius 3 is 2.53 bits per heavy atom. The minimum absolute atomic E-state index is 0.370. The second-order valence-electron chi connectivity index (χ2n) is 4.26. The van der Waals surface area contributed by atoms with Crippen molar-refractivity contribution in [3.8, 4) is 0 Å². The number of carbonyl (C=O) groups excluding carboxylic acids is 1. The lowest BCUT2D eigenvalue weighted by molar-refractivity contribution is 0.100. The molecule has 80 valence electrons. The molecule has 3 nitrogen and oxygen atoms in total. The molecule has 1 aromatic carbocycles. The van der Waals surface area contributed by atoms with Gasteiger partial charge in [0.1, 0.15) is 0 Å². The smallest absolute Gasteiger partial charge is 0.248 e. The van der Waals surface area contributed by atoms with Crippen molar-refractivity contribution in [3.63, 3.8) is 0 Å². The Hall–Kier alpha value is -1.35. The van der Waals surface area contributed by atoms with Gasteiger partial charge in [-0.3, -0.25) is 4.79 Å². The van der Waals surface area contributed by atoms with Crippen molar-refractivity contribution in [1.82, 2.24) is 5.32 Å². The Morgan fingerprint density at radius 2 is 2.07 bits per heavy atom. The number of benzene rings is 1. The van der Waals surface area contributed by atoms with Crippen LogP contribution in [0.15, 0.2) is 24.3 Å². The van der Waals surface area contributed by atoms with Gasteiger partial charge in [0.05, 0.1) is 0 Å². The van der Waals surface area contributed by atoms with Crippen molar-refractivity contribution in [1.29, 1.82) is 0 Å². The quantitative estimate of drug-likeness (QED) is 0.776. The summed E-state index contributed by atoms with van der Waals surface area (Å²) in [5.41, 5.74) is 6.92. The summed E-state index contributed by atoms with van der Waals surface area (Å²) in [5, 5.41) is 3.46. The van der Waals surface area contributed by atoms with Crippen LogP contribution in [0.25, 0.3) is 0 Å². The Kier molecular flexibility index (Phi) is 2.73. The van der Waals surface area contributed by atoms with Crippen LogP contribution in [0.2, 0.25) is 0 Å². The van der Waals surface area contributed by atoms with Gasteiger partial charge in [0, 0.05) is 18.2 Å². The first-order valence-electron chi connectivity index (χ1n) is 5.29. The zero-order valence-electron chi connectivity index (χ0n) is 8.86. The van der Waals surface area contributed by atoms with E-state index in [1.807, 2.05) is 12.1 Å². The van der Waals surface area contributed by atoms with Crippen LogP contribution >= 0.6 is 0 Å². The highest BCUT2D eigenvalue weighted by atomic mass is 16.1. The Morgan fingerprint density at radius 1 is 1.47 bits per heavy atom. The van der Waals surface area contributed by atoms with Gasteiger partial charge < -0.3 is 11.1 Å². The molecule has 1 saturated carbocycles. The van der Waals surface area contributed by atoms with Crippen molar-refractivity contribution in [2.24, 2.45) is 11.7 Å². The highest BCUT2D eigenvalue weighted by Gasteiger charge is 2.31. The number of carbonyl (C=O) groups is 1. The van der Waals surface area contributed by atoms with E-state index in [0.717, 1.165) is 12.5 Å². The third kappa shape index (κ3) is 2.57.